The van der Waals surface area contributed by atoms with Crippen molar-refractivity contribution < 1.29 is 9.72 Å². The number of nitrogens with one attached hydrogen (secondary N) is 1. The van der Waals surface area contributed by atoms with Crippen LogP contribution in [-0.4, -0.2) is 22.7 Å². The molecule has 0 aliphatic carbocycles. The minimum absolute atomic E-state index is 0.0465. The largest absolute Gasteiger partial charge is 0.394 e. The zero-order chi connectivity index (χ0) is 13.0. The normalized spacial score (nSPS) is 21.6. The fourth-order valence-corrected chi connectivity index (χ4v) is 1.62. The number of anilines is 1. The summed E-state index contributed by atoms with van der Waals surface area (Å²) < 4.78 is 0. The Morgan fingerprint density at radius 1 is 1.39 bits per heavy atom. The van der Waals surface area contributed by atoms with Crippen LogP contribution in [0.25, 0.3) is 0 Å². The molecule has 6 heteroatoms. The van der Waals surface area contributed by atoms with E-state index >= 15 is 0 Å². The molecule has 1 aromatic carbocycles. The number of hydrogen-bond donors (Lipinski definition) is 1. The molecule has 0 radical (unpaired) electrons. The van der Waals surface area contributed by atoms with Crippen molar-refractivity contribution in [2.75, 3.05) is 5.32 Å². The first kappa shape index (κ1) is 12.0. The molecule has 1 aromatic rings. The van der Waals surface area contributed by atoms with Gasteiger partial charge in [-0.1, -0.05) is 24.3 Å². The number of allylic oxidation sites excluding steroid dienone is 1. The molecule has 18 heavy (non-hydrogen) atoms. The van der Waals surface area contributed by atoms with Gasteiger partial charge < -0.3 is 5.32 Å². The molecule has 1 N–H and O–H groups in total. The highest BCUT2D eigenvalue weighted by Crippen LogP contribution is 2.22. The Morgan fingerprint density at radius 2 is 2.11 bits per heavy atom. The van der Waals surface area contributed by atoms with Gasteiger partial charge in [-0.05, 0) is 18.2 Å². The SMILES string of the molecule is O=C(Nc1ccccc1)C1([N+](=O)[O-])CC=CC=N1. The van der Waals surface area contributed by atoms with Gasteiger partial charge in [0.1, 0.15) is 0 Å². The van der Waals surface area contributed by atoms with Crippen molar-refractivity contribution in [2.45, 2.75) is 12.1 Å². The molecular formula is C12H11N3O3. The second-order valence-corrected chi connectivity index (χ2v) is 3.80. The summed E-state index contributed by atoms with van der Waals surface area (Å²) in [6, 6.07) is 8.58. The van der Waals surface area contributed by atoms with Crippen LogP contribution in [0.2, 0.25) is 0 Å². The molecule has 1 heterocycles. The van der Waals surface area contributed by atoms with E-state index in [0.29, 0.717) is 5.69 Å². The lowest BCUT2D eigenvalue weighted by Gasteiger charge is -2.20. The lowest BCUT2D eigenvalue weighted by molar-refractivity contribution is -0.549. The van der Waals surface area contributed by atoms with Crippen LogP contribution in [-0.2, 0) is 4.79 Å². The second-order valence-electron chi connectivity index (χ2n) is 3.80. The molecule has 0 bridgehead atoms. The summed E-state index contributed by atoms with van der Waals surface area (Å²) in [6.45, 7) is 0. The smallest absolute Gasteiger partial charge is 0.318 e. The van der Waals surface area contributed by atoms with Crippen molar-refractivity contribution in [2.24, 2.45) is 4.99 Å². The number of benzene rings is 1. The van der Waals surface area contributed by atoms with Gasteiger partial charge >= 0.3 is 11.6 Å². The number of hydrogen-bond acceptors (Lipinski definition) is 4. The maximum Gasteiger partial charge on any atom is 0.394 e. The maximum atomic E-state index is 12.0. The van der Waals surface area contributed by atoms with E-state index in [0.717, 1.165) is 0 Å². The third-order valence-corrected chi connectivity index (χ3v) is 2.61. The summed E-state index contributed by atoms with van der Waals surface area (Å²) >= 11 is 0. The Balaban J connectivity index is 2.23. The van der Waals surface area contributed by atoms with Crippen LogP contribution in [0.5, 0.6) is 0 Å². The predicted octanol–water partition coefficient (Wildman–Crippen LogP) is 1.63. The maximum absolute atomic E-state index is 12.0. The topological polar surface area (TPSA) is 84.6 Å². The minimum Gasteiger partial charge on any atom is -0.318 e. The van der Waals surface area contributed by atoms with Crippen LogP contribution in [0.15, 0.2) is 47.5 Å². The quantitative estimate of drug-likeness (QED) is 0.648. The number of nitrogens with zero attached hydrogens (tertiary/aromatic N) is 2. The van der Waals surface area contributed by atoms with E-state index in [1.54, 1.807) is 42.5 Å². The molecule has 0 spiro atoms. The molecule has 1 unspecified atom stereocenters. The molecule has 2 rings (SSSR count). The number of amides is 1. The Morgan fingerprint density at radius 3 is 2.67 bits per heavy atom. The number of carbonyl (C=O) groups excluding carboxylic acids is 1. The van der Waals surface area contributed by atoms with Crippen molar-refractivity contribution in [3.8, 4) is 0 Å². The number of nitro groups is 1. The standard InChI is InChI=1S/C12H11N3O3/c16-11(14-10-6-2-1-3-7-10)12(15(17)18)8-4-5-9-13-12/h1-7,9H,8H2,(H,14,16). The van der Waals surface area contributed by atoms with Gasteiger partial charge in [-0.2, -0.15) is 0 Å². The van der Waals surface area contributed by atoms with E-state index in [4.69, 9.17) is 0 Å². The van der Waals surface area contributed by atoms with Gasteiger partial charge in [0.2, 0.25) is 0 Å². The van der Waals surface area contributed by atoms with Gasteiger partial charge in [-0.3, -0.25) is 14.9 Å². The van der Waals surface area contributed by atoms with E-state index < -0.39 is 16.5 Å². The number of rotatable bonds is 3. The van der Waals surface area contributed by atoms with Crippen LogP contribution in [0.1, 0.15) is 6.42 Å². The average molecular weight is 245 g/mol. The summed E-state index contributed by atoms with van der Waals surface area (Å²) in [4.78, 5) is 26.2. The zero-order valence-electron chi connectivity index (χ0n) is 9.45. The molecule has 1 amide bonds. The summed E-state index contributed by atoms with van der Waals surface area (Å²) in [5.74, 6) is -0.737. The Kier molecular flexibility index (Phi) is 3.18. The highest BCUT2D eigenvalue weighted by Gasteiger charge is 2.50. The van der Waals surface area contributed by atoms with E-state index in [9.17, 15) is 14.9 Å². The zero-order valence-corrected chi connectivity index (χ0v) is 9.45. The Labute approximate surface area is 103 Å². The molecule has 0 aromatic heterocycles. The van der Waals surface area contributed by atoms with Crippen molar-refractivity contribution in [1.82, 2.24) is 0 Å². The van der Waals surface area contributed by atoms with Gasteiger partial charge in [-0.15, -0.1) is 0 Å². The van der Waals surface area contributed by atoms with Gasteiger partial charge in [0.15, 0.2) is 0 Å². The van der Waals surface area contributed by atoms with Crippen LogP contribution in [0, 0.1) is 10.1 Å². The molecule has 0 fully saturated rings. The fraction of sp³-hybridized carbons (Fsp3) is 0.167. The summed E-state index contributed by atoms with van der Waals surface area (Å²) in [5.41, 5.74) is -1.45. The molecule has 1 atom stereocenters. The first-order valence-electron chi connectivity index (χ1n) is 5.36. The third-order valence-electron chi connectivity index (χ3n) is 2.61. The Hall–Kier alpha value is -2.50. The van der Waals surface area contributed by atoms with Gasteiger partial charge in [0, 0.05) is 11.9 Å². The lowest BCUT2D eigenvalue weighted by atomic mass is 10.0. The number of dihydropyridines is 1. The fourth-order valence-electron chi connectivity index (χ4n) is 1.62. The van der Waals surface area contributed by atoms with E-state index in [2.05, 4.69) is 10.3 Å². The molecule has 0 saturated carbocycles. The molecule has 1 aliphatic heterocycles. The highest BCUT2D eigenvalue weighted by molar-refractivity contribution is 5.98. The monoisotopic (exact) mass is 245 g/mol. The molecule has 6 nitrogen and oxygen atoms in total. The summed E-state index contributed by atoms with van der Waals surface area (Å²) in [7, 11) is 0. The van der Waals surface area contributed by atoms with Crippen LogP contribution in [0.3, 0.4) is 0 Å². The molecule has 0 saturated heterocycles. The van der Waals surface area contributed by atoms with Gasteiger partial charge in [0.25, 0.3) is 0 Å². The van der Waals surface area contributed by atoms with E-state index in [-0.39, 0.29) is 6.42 Å². The van der Waals surface area contributed by atoms with Gasteiger partial charge in [-0.25, -0.2) is 4.99 Å². The second kappa shape index (κ2) is 4.79. The number of para-hydroxylation sites is 1. The van der Waals surface area contributed by atoms with Crippen molar-refractivity contribution in [3.05, 3.63) is 52.6 Å². The Bertz CT molecular complexity index is 525. The van der Waals surface area contributed by atoms with Crippen LogP contribution in [0.4, 0.5) is 5.69 Å². The highest BCUT2D eigenvalue weighted by atomic mass is 16.6. The first-order chi connectivity index (χ1) is 8.65. The first-order valence-corrected chi connectivity index (χ1v) is 5.36. The molecule has 92 valence electrons. The van der Waals surface area contributed by atoms with Crippen LogP contribution >= 0.6 is 0 Å². The van der Waals surface area contributed by atoms with Crippen LogP contribution < -0.4 is 5.32 Å². The minimum atomic E-state index is -1.95. The van der Waals surface area contributed by atoms with Crippen molar-refractivity contribution in [1.29, 1.82) is 0 Å². The van der Waals surface area contributed by atoms with Gasteiger partial charge in [0.05, 0.1) is 11.3 Å². The van der Waals surface area contributed by atoms with E-state index in [1.165, 1.54) is 6.21 Å². The van der Waals surface area contributed by atoms with Crippen molar-refractivity contribution >= 4 is 17.8 Å². The number of carbonyl (C=O) groups is 1. The van der Waals surface area contributed by atoms with Crippen molar-refractivity contribution in [3.63, 3.8) is 0 Å². The molecular weight excluding hydrogens is 234 g/mol. The predicted molar refractivity (Wildman–Crippen MR) is 67.0 cm³/mol. The molecule has 1 aliphatic rings. The van der Waals surface area contributed by atoms with E-state index in [1.807, 2.05) is 0 Å². The average Bonchev–Trinajstić information content (AvgIpc) is 2.40. The summed E-state index contributed by atoms with van der Waals surface area (Å²) in [6.07, 6.45) is 4.37. The summed E-state index contributed by atoms with van der Waals surface area (Å²) in [5, 5.41) is 13.6. The third kappa shape index (κ3) is 2.13. The number of aliphatic imine (C=N–C) groups is 1. The lowest BCUT2D eigenvalue weighted by Crippen LogP contribution is -2.48.